The summed E-state index contributed by atoms with van der Waals surface area (Å²) in [6, 6.07) is 7.56. The number of carbonyl (C=O) groups is 1. The van der Waals surface area contributed by atoms with E-state index in [0.29, 0.717) is 22.6 Å². The summed E-state index contributed by atoms with van der Waals surface area (Å²) in [5.74, 6) is 0.373. The molecule has 4 N–H and O–H groups in total. The fraction of sp³-hybridized carbons (Fsp3) is 0.320. The molecule has 4 rings (SSSR count). The maximum atomic E-state index is 12.5. The highest BCUT2D eigenvalue weighted by atomic mass is 16.5. The van der Waals surface area contributed by atoms with Crippen LogP contribution in [0.15, 0.2) is 47.8 Å². The molecule has 0 spiro atoms. The Bertz CT molecular complexity index is 1320. The molecule has 35 heavy (non-hydrogen) atoms. The fourth-order valence-electron chi connectivity index (χ4n) is 3.48. The molecule has 182 valence electrons. The van der Waals surface area contributed by atoms with Gasteiger partial charge in [-0.25, -0.2) is 14.5 Å². The summed E-state index contributed by atoms with van der Waals surface area (Å²) in [7, 11) is 0. The standard InChI is InChI=1S/C25H29N7O3/c1-15-9-17(5-8-19(15)24(33)30-18-6-7-18)21-12-28-23-20(29-13-25(3,4)34)10-22(31-32(21)23)35-16(2)11-27-14-26/h5,8-12,14,18,26,29,34H,2,6-7,13H2,1,3-4H3,(H,30,33). The molecule has 2 aromatic heterocycles. The van der Waals surface area contributed by atoms with Crippen LogP contribution in [-0.4, -0.2) is 56.4 Å². The number of aryl methyl sites for hydroxylation is 1. The van der Waals surface area contributed by atoms with Gasteiger partial charge in [-0.2, -0.15) is 0 Å². The number of hydrogen-bond acceptors (Lipinski definition) is 7. The Morgan fingerprint density at radius 2 is 2.17 bits per heavy atom. The number of imidazole rings is 1. The number of aliphatic hydroxyl groups is 1. The first-order chi connectivity index (χ1) is 16.6. The van der Waals surface area contributed by atoms with Crippen molar-refractivity contribution in [1.82, 2.24) is 19.9 Å². The highest BCUT2D eigenvalue weighted by Gasteiger charge is 2.24. The van der Waals surface area contributed by atoms with Gasteiger partial charge in [0.15, 0.2) is 5.65 Å². The zero-order chi connectivity index (χ0) is 25.2. The summed E-state index contributed by atoms with van der Waals surface area (Å²) in [5.41, 5.74) is 3.22. The Balaban J connectivity index is 1.72. The van der Waals surface area contributed by atoms with E-state index in [-0.39, 0.29) is 30.1 Å². The quantitative estimate of drug-likeness (QED) is 0.202. The lowest BCUT2D eigenvalue weighted by Gasteiger charge is -2.19. The maximum Gasteiger partial charge on any atom is 0.251 e. The Morgan fingerprint density at radius 3 is 2.83 bits per heavy atom. The average molecular weight is 476 g/mol. The Hall–Kier alpha value is -4.05. The van der Waals surface area contributed by atoms with Crippen LogP contribution in [0.2, 0.25) is 0 Å². The third-order valence-electron chi connectivity index (χ3n) is 5.36. The first kappa shape index (κ1) is 24.1. The lowest BCUT2D eigenvalue weighted by molar-refractivity contribution is 0.0940. The first-order valence-corrected chi connectivity index (χ1v) is 11.3. The molecule has 1 saturated carbocycles. The topological polar surface area (TPSA) is 137 Å². The number of amides is 1. The molecule has 10 heteroatoms. The largest absolute Gasteiger partial charge is 0.437 e. The molecule has 3 aromatic rings. The van der Waals surface area contributed by atoms with Crippen molar-refractivity contribution >= 4 is 29.8 Å². The number of carbonyl (C=O) groups excluding carboxylic acids is 1. The van der Waals surface area contributed by atoms with E-state index in [2.05, 4.69) is 32.3 Å². The molecule has 2 heterocycles. The van der Waals surface area contributed by atoms with Gasteiger partial charge >= 0.3 is 0 Å². The molecule has 1 aromatic carbocycles. The molecule has 1 aliphatic carbocycles. The SMILES string of the molecule is C=C(C=NC=N)Oc1cc(NCC(C)(C)O)c2ncc(-c3ccc(C(=O)NC4CC4)c(C)c3)n2n1. The van der Waals surface area contributed by atoms with Crippen molar-refractivity contribution in [2.45, 2.75) is 45.3 Å². The van der Waals surface area contributed by atoms with E-state index in [0.717, 1.165) is 30.3 Å². The zero-order valence-electron chi connectivity index (χ0n) is 20.0. The van der Waals surface area contributed by atoms with Crippen LogP contribution in [0, 0.1) is 12.3 Å². The molecule has 0 radical (unpaired) electrons. The van der Waals surface area contributed by atoms with Gasteiger partial charge in [-0.1, -0.05) is 12.6 Å². The van der Waals surface area contributed by atoms with E-state index in [9.17, 15) is 9.90 Å². The number of benzene rings is 1. The molecule has 1 aliphatic rings. The van der Waals surface area contributed by atoms with E-state index in [1.807, 2.05) is 25.1 Å². The number of nitrogens with zero attached hydrogens (tertiary/aromatic N) is 4. The summed E-state index contributed by atoms with van der Waals surface area (Å²) < 4.78 is 7.35. The van der Waals surface area contributed by atoms with Gasteiger partial charge in [0.2, 0.25) is 5.88 Å². The third kappa shape index (κ3) is 5.90. The molecule has 0 aliphatic heterocycles. The summed E-state index contributed by atoms with van der Waals surface area (Å²) >= 11 is 0. The highest BCUT2D eigenvalue weighted by Crippen LogP contribution is 2.29. The van der Waals surface area contributed by atoms with Gasteiger partial charge in [0, 0.05) is 29.8 Å². The number of aliphatic imine (C=N–C) groups is 1. The van der Waals surface area contributed by atoms with E-state index in [4.69, 9.17) is 10.1 Å². The van der Waals surface area contributed by atoms with Crippen LogP contribution >= 0.6 is 0 Å². The predicted octanol–water partition coefficient (Wildman–Crippen LogP) is 3.35. The van der Waals surface area contributed by atoms with Crippen LogP contribution in [0.25, 0.3) is 16.9 Å². The molecular formula is C25H29N7O3. The summed E-state index contributed by atoms with van der Waals surface area (Å²) in [4.78, 5) is 20.8. The third-order valence-corrected chi connectivity index (χ3v) is 5.36. The maximum absolute atomic E-state index is 12.5. The molecule has 0 saturated heterocycles. The highest BCUT2D eigenvalue weighted by molar-refractivity contribution is 5.96. The van der Waals surface area contributed by atoms with Crippen LogP contribution in [0.3, 0.4) is 0 Å². The van der Waals surface area contributed by atoms with Gasteiger partial charge in [0.05, 0.1) is 29.4 Å². The van der Waals surface area contributed by atoms with Crippen LogP contribution in [0.4, 0.5) is 5.69 Å². The van der Waals surface area contributed by atoms with Gasteiger partial charge in [-0.15, -0.1) is 5.10 Å². The summed E-state index contributed by atoms with van der Waals surface area (Å²) in [5, 5.41) is 28.0. The van der Waals surface area contributed by atoms with Crippen molar-refractivity contribution in [3.05, 3.63) is 53.9 Å². The van der Waals surface area contributed by atoms with Crippen LogP contribution in [0.5, 0.6) is 5.88 Å². The summed E-state index contributed by atoms with van der Waals surface area (Å²) in [6.07, 6.45) is 5.96. The lowest BCUT2D eigenvalue weighted by Crippen LogP contribution is -2.29. The minimum absolute atomic E-state index is 0.0632. The van der Waals surface area contributed by atoms with Crippen LogP contribution in [-0.2, 0) is 0 Å². The summed E-state index contributed by atoms with van der Waals surface area (Å²) in [6.45, 7) is 9.35. The lowest BCUT2D eigenvalue weighted by atomic mass is 10.0. The van der Waals surface area contributed by atoms with Crippen molar-refractivity contribution in [2.24, 2.45) is 4.99 Å². The van der Waals surface area contributed by atoms with Gasteiger partial charge < -0.3 is 20.5 Å². The number of allylic oxidation sites excluding steroid dienone is 1. The number of nitrogens with one attached hydrogen (secondary N) is 3. The monoisotopic (exact) mass is 475 g/mol. The second-order valence-electron chi connectivity index (χ2n) is 9.19. The second-order valence-corrected chi connectivity index (χ2v) is 9.19. The van der Waals surface area contributed by atoms with E-state index < -0.39 is 5.60 Å². The van der Waals surface area contributed by atoms with Gasteiger partial charge in [-0.3, -0.25) is 10.2 Å². The minimum Gasteiger partial charge on any atom is -0.437 e. The van der Waals surface area contributed by atoms with Gasteiger partial charge in [0.1, 0.15) is 12.1 Å². The van der Waals surface area contributed by atoms with Crippen LogP contribution < -0.4 is 15.4 Å². The average Bonchev–Trinajstić information content (AvgIpc) is 3.50. The fourth-order valence-corrected chi connectivity index (χ4v) is 3.48. The Kier molecular flexibility index (Phi) is 6.65. The van der Waals surface area contributed by atoms with Crippen molar-refractivity contribution in [1.29, 1.82) is 5.41 Å². The van der Waals surface area contributed by atoms with Gasteiger partial charge in [0.25, 0.3) is 5.91 Å². The Morgan fingerprint density at radius 1 is 1.40 bits per heavy atom. The van der Waals surface area contributed by atoms with Crippen molar-refractivity contribution in [3.63, 3.8) is 0 Å². The number of rotatable bonds is 10. The van der Waals surface area contributed by atoms with E-state index >= 15 is 0 Å². The zero-order valence-corrected chi connectivity index (χ0v) is 20.0. The molecule has 0 unspecified atom stereocenters. The molecule has 1 amide bonds. The Labute approximate surface area is 203 Å². The molecular weight excluding hydrogens is 446 g/mol. The van der Waals surface area contributed by atoms with E-state index in [1.54, 1.807) is 30.6 Å². The predicted molar refractivity (Wildman–Crippen MR) is 135 cm³/mol. The number of aromatic nitrogens is 3. The first-order valence-electron chi connectivity index (χ1n) is 11.3. The number of hydrogen-bond donors (Lipinski definition) is 4. The molecule has 1 fully saturated rings. The number of ether oxygens (including phenoxy) is 1. The van der Waals surface area contributed by atoms with Crippen molar-refractivity contribution in [3.8, 4) is 17.1 Å². The van der Waals surface area contributed by atoms with Crippen LogP contribution in [0.1, 0.15) is 42.6 Å². The normalized spacial score (nSPS) is 13.7. The van der Waals surface area contributed by atoms with E-state index in [1.165, 1.54) is 6.21 Å². The molecule has 0 atom stereocenters. The number of fused-ring (bicyclic) bond motifs is 1. The van der Waals surface area contributed by atoms with Crippen molar-refractivity contribution in [2.75, 3.05) is 11.9 Å². The molecule has 0 bridgehead atoms. The van der Waals surface area contributed by atoms with Gasteiger partial charge in [-0.05, 0) is 51.3 Å². The second kappa shape index (κ2) is 9.67. The smallest absolute Gasteiger partial charge is 0.251 e. The molecule has 10 nitrogen and oxygen atoms in total. The minimum atomic E-state index is -0.953. The number of anilines is 1. The van der Waals surface area contributed by atoms with Crippen molar-refractivity contribution < 1.29 is 14.6 Å².